The number of alkyl carbamates (subject to hydrolysis) is 1. The smallest absolute Gasteiger partial charge is 0.407 e. The Balaban J connectivity index is 4.02. The quantitative estimate of drug-likeness (QED) is 0.690. The first-order valence-corrected chi connectivity index (χ1v) is 4.45. The molecule has 0 aromatic heterocycles. The van der Waals surface area contributed by atoms with E-state index in [4.69, 9.17) is 4.74 Å². The zero-order chi connectivity index (χ0) is 11.1. The summed E-state index contributed by atoms with van der Waals surface area (Å²) in [4.78, 5) is 21.5. The molecule has 0 aliphatic heterocycles. The lowest BCUT2D eigenvalue weighted by atomic mass is 10.1. The van der Waals surface area contributed by atoms with Gasteiger partial charge in [0.25, 0.3) is 0 Å². The number of nitrogens with one attached hydrogen (secondary N) is 1. The molecule has 0 aromatic carbocycles. The Morgan fingerprint density at radius 1 is 1.36 bits per heavy atom. The van der Waals surface area contributed by atoms with Gasteiger partial charge in [-0.2, -0.15) is 0 Å². The van der Waals surface area contributed by atoms with Crippen LogP contribution in [0, 0.1) is 5.92 Å². The molecule has 0 heterocycles. The summed E-state index contributed by atoms with van der Waals surface area (Å²) in [5.41, 5.74) is 0. The largest absolute Gasteiger partial charge is 0.464 e. The van der Waals surface area contributed by atoms with Gasteiger partial charge in [0.1, 0.15) is 6.61 Å². The van der Waals surface area contributed by atoms with Gasteiger partial charge in [0.05, 0.1) is 13.2 Å². The maximum Gasteiger partial charge on any atom is 0.407 e. The van der Waals surface area contributed by atoms with Gasteiger partial charge < -0.3 is 14.8 Å². The van der Waals surface area contributed by atoms with Gasteiger partial charge in [-0.25, -0.2) is 4.79 Å². The molecule has 0 rings (SSSR count). The van der Waals surface area contributed by atoms with Crippen LogP contribution in [0.5, 0.6) is 0 Å². The van der Waals surface area contributed by atoms with E-state index in [9.17, 15) is 9.59 Å². The van der Waals surface area contributed by atoms with Crippen molar-refractivity contribution in [1.29, 1.82) is 0 Å². The molecule has 0 unspecified atom stereocenters. The van der Waals surface area contributed by atoms with Gasteiger partial charge in [0.2, 0.25) is 0 Å². The number of amides is 1. The summed E-state index contributed by atoms with van der Waals surface area (Å²) in [5, 5.41) is 2.58. The van der Waals surface area contributed by atoms with Crippen LogP contribution < -0.4 is 5.32 Å². The second-order valence-electron chi connectivity index (χ2n) is 3.29. The van der Waals surface area contributed by atoms with Crippen LogP contribution >= 0.6 is 0 Å². The fraction of sp³-hybridized carbons (Fsp3) is 0.778. The number of hydrogen-bond acceptors (Lipinski definition) is 4. The molecule has 0 fully saturated rings. The molecule has 5 nitrogen and oxygen atoms in total. The van der Waals surface area contributed by atoms with E-state index in [1.165, 1.54) is 14.0 Å². The fourth-order valence-corrected chi connectivity index (χ4v) is 0.818. The number of rotatable bonds is 4. The summed E-state index contributed by atoms with van der Waals surface area (Å²) in [7, 11) is 1.29. The Morgan fingerprint density at radius 2 is 1.93 bits per heavy atom. The average molecular weight is 203 g/mol. The third kappa shape index (κ3) is 5.40. The van der Waals surface area contributed by atoms with Crippen LogP contribution in [0.15, 0.2) is 0 Å². The lowest BCUT2D eigenvalue weighted by Gasteiger charge is -2.20. The maximum absolute atomic E-state index is 10.9. The number of methoxy groups -OCH3 is 1. The Morgan fingerprint density at radius 3 is 2.29 bits per heavy atom. The van der Waals surface area contributed by atoms with Crippen LogP contribution in [0.4, 0.5) is 4.79 Å². The van der Waals surface area contributed by atoms with E-state index >= 15 is 0 Å². The molecule has 0 radical (unpaired) electrons. The Hall–Kier alpha value is -1.26. The van der Waals surface area contributed by atoms with Crippen LogP contribution in [-0.4, -0.2) is 31.8 Å². The van der Waals surface area contributed by atoms with Gasteiger partial charge >= 0.3 is 12.1 Å². The summed E-state index contributed by atoms with van der Waals surface area (Å²) >= 11 is 0. The van der Waals surface area contributed by atoms with E-state index in [0.29, 0.717) is 0 Å². The molecule has 1 atom stereocenters. The molecule has 5 heteroatoms. The van der Waals surface area contributed by atoms with Crippen LogP contribution in [-0.2, 0) is 14.3 Å². The number of carbonyl (C=O) groups is 2. The molecule has 14 heavy (non-hydrogen) atoms. The van der Waals surface area contributed by atoms with E-state index in [-0.39, 0.29) is 24.5 Å². The van der Waals surface area contributed by atoms with Gasteiger partial charge in [-0.3, -0.25) is 4.79 Å². The molecule has 0 saturated carbocycles. The molecule has 82 valence electrons. The first-order chi connectivity index (χ1) is 6.47. The second-order valence-corrected chi connectivity index (χ2v) is 3.29. The van der Waals surface area contributed by atoms with Crippen molar-refractivity contribution < 1.29 is 19.1 Å². The number of hydrogen-bond donors (Lipinski definition) is 1. The molecule has 0 aromatic rings. The highest BCUT2D eigenvalue weighted by molar-refractivity contribution is 5.68. The lowest BCUT2D eigenvalue weighted by molar-refractivity contribution is -0.141. The predicted molar refractivity (Wildman–Crippen MR) is 50.8 cm³/mol. The zero-order valence-corrected chi connectivity index (χ0v) is 8.99. The number of ether oxygens (including phenoxy) is 2. The zero-order valence-electron chi connectivity index (χ0n) is 8.99. The maximum atomic E-state index is 10.9. The van der Waals surface area contributed by atoms with Crippen molar-refractivity contribution >= 4 is 12.1 Å². The third-order valence-electron chi connectivity index (χ3n) is 1.76. The van der Waals surface area contributed by atoms with Crippen LogP contribution in [0.25, 0.3) is 0 Å². The molecule has 1 amide bonds. The van der Waals surface area contributed by atoms with Crippen LogP contribution in [0.1, 0.15) is 20.8 Å². The number of carbonyl (C=O) groups excluding carboxylic acids is 2. The molecule has 0 aliphatic rings. The van der Waals surface area contributed by atoms with Gasteiger partial charge in [0, 0.05) is 6.92 Å². The van der Waals surface area contributed by atoms with E-state index in [0.717, 1.165) is 0 Å². The van der Waals surface area contributed by atoms with Crippen molar-refractivity contribution in [3.63, 3.8) is 0 Å². The summed E-state index contributed by atoms with van der Waals surface area (Å²) in [6.45, 7) is 5.34. The predicted octanol–water partition coefficient (Wildman–Crippen LogP) is 0.930. The van der Waals surface area contributed by atoms with E-state index in [1.54, 1.807) is 0 Å². The summed E-state index contributed by atoms with van der Waals surface area (Å²) in [5.74, 6) is -0.184. The highest BCUT2D eigenvalue weighted by Crippen LogP contribution is 2.02. The van der Waals surface area contributed by atoms with Gasteiger partial charge in [-0.05, 0) is 5.92 Å². The van der Waals surface area contributed by atoms with Gasteiger partial charge in [0.15, 0.2) is 0 Å². The Bertz CT molecular complexity index is 203. The molecule has 0 spiro atoms. The first-order valence-electron chi connectivity index (χ1n) is 4.45. The minimum Gasteiger partial charge on any atom is -0.464 e. The molecule has 1 N–H and O–H groups in total. The van der Waals surface area contributed by atoms with Gasteiger partial charge in [-0.1, -0.05) is 13.8 Å². The van der Waals surface area contributed by atoms with Gasteiger partial charge in [-0.15, -0.1) is 0 Å². The molecule has 0 aliphatic carbocycles. The molecular weight excluding hydrogens is 186 g/mol. The SMILES string of the molecule is COC(=O)N[C@@H](COC(C)=O)C(C)C. The fourth-order valence-electron chi connectivity index (χ4n) is 0.818. The lowest BCUT2D eigenvalue weighted by Crippen LogP contribution is -2.42. The Labute approximate surface area is 83.8 Å². The van der Waals surface area contributed by atoms with E-state index in [1.807, 2.05) is 13.8 Å². The average Bonchev–Trinajstić information content (AvgIpc) is 2.10. The normalized spacial score (nSPS) is 12.1. The summed E-state index contributed by atoms with van der Waals surface area (Å²) in [6.07, 6.45) is -0.518. The highest BCUT2D eigenvalue weighted by atomic mass is 16.5. The van der Waals surface area contributed by atoms with Crippen molar-refractivity contribution in [2.45, 2.75) is 26.8 Å². The van der Waals surface area contributed by atoms with Crippen molar-refractivity contribution in [2.75, 3.05) is 13.7 Å². The van der Waals surface area contributed by atoms with E-state index in [2.05, 4.69) is 10.1 Å². The standard InChI is InChI=1S/C9H17NO4/c1-6(2)8(5-14-7(3)11)10-9(12)13-4/h6,8H,5H2,1-4H3,(H,10,12)/t8-/m0/s1. The minimum absolute atomic E-state index is 0.169. The first kappa shape index (κ1) is 12.7. The second kappa shape index (κ2) is 6.23. The summed E-state index contributed by atoms with van der Waals surface area (Å²) in [6, 6.07) is -0.216. The molecular formula is C9H17NO4. The van der Waals surface area contributed by atoms with Crippen molar-refractivity contribution in [3.05, 3.63) is 0 Å². The molecule has 0 bridgehead atoms. The van der Waals surface area contributed by atoms with E-state index < -0.39 is 6.09 Å². The molecule has 0 saturated heterocycles. The van der Waals surface area contributed by atoms with Crippen molar-refractivity contribution in [2.24, 2.45) is 5.92 Å². The minimum atomic E-state index is -0.518. The van der Waals surface area contributed by atoms with Crippen LogP contribution in [0.2, 0.25) is 0 Å². The monoisotopic (exact) mass is 203 g/mol. The van der Waals surface area contributed by atoms with Crippen LogP contribution in [0.3, 0.4) is 0 Å². The number of esters is 1. The topological polar surface area (TPSA) is 64.6 Å². The highest BCUT2D eigenvalue weighted by Gasteiger charge is 2.17. The summed E-state index contributed by atoms with van der Waals surface area (Å²) < 4.78 is 9.25. The third-order valence-corrected chi connectivity index (χ3v) is 1.76. The van der Waals surface area contributed by atoms with Crippen molar-refractivity contribution in [3.8, 4) is 0 Å². The van der Waals surface area contributed by atoms with Crippen molar-refractivity contribution in [1.82, 2.24) is 5.32 Å². The Kier molecular flexibility index (Phi) is 5.67.